The Morgan fingerprint density at radius 1 is 1.27 bits per heavy atom. The van der Waals surface area contributed by atoms with E-state index in [9.17, 15) is 14.3 Å². The van der Waals surface area contributed by atoms with Crippen molar-refractivity contribution < 1.29 is 19.0 Å². The largest absolute Gasteiger partial charge is 0.484 e. The van der Waals surface area contributed by atoms with Gasteiger partial charge in [-0.1, -0.05) is 44.0 Å². The Morgan fingerprint density at radius 3 is 2.59 bits per heavy atom. The fraction of sp³-hybridized carbons (Fsp3) is 0.571. The summed E-state index contributed by atoms with van der Waals surface area (Å²) in [7, 11) is 0. The van der Waals surface area contributed by atoms with Gasteiger partial charge in [-0.05, 0) is 67.3 Å². The third-order valence-corrected chi connectivity index (χ3v) is 7.54. The van der Waals surface area contributed by atoms with Crippen LogP contribution in [0.15, 0.2) is 24.3 Å². The molecular formula is C28H36Cl2FN3O3. The zero-order valence-electron chi connectivity index (χ0n) is 21.8. The standard InChI is InChI=1S/C28H36Cl2FN3O3/c1-16(35)33-22(10-17-8-18(29)11-19(31)9-17)24(36)15-32-23-14-28(6-5-7-28)37-25-21(23)12-20(34-26(25)30)13-27(2,3)4/h8-9,11-12,22-24,32,36H,5-7,10,13-15H2,1-4H3,(H,33,35)/t22-,23-,24-/m0/s1. The number of amides is 1. The fourth-order valence-electron chi connectivity index (χ4n) is 5.30. The molecule has 1 aromatic heterocycles. The molecule has 2 aromatic rings. The minimum Gasteiger partial charge on any atom is -0.484 e. The lowest BCUT2D eigenvalue weighted by atomic mass is 9.73. The summed E-state index contributed by atoms with van der Waals surface area (Å²) in [6.07, 6.45) is 3.82. The zero-order valence-corrected chi connectivity index (χ0v) is 23.3. The Balaban J connectivity index is 1.54. The molecule has 3 atom stereocenters. The average molecular weight is 553 g/mol. The van der Waals surface area contributed by atoms with Gasteiger partial charge in [0.25, 0.3) is 0 Å². The van der Waals surface area contributed by atoms with Crippen molar-refractivity contribution in [3.05, 3.63) is 57.1 Å². The molecule has 1 amide bonds. The van der Waals surface area contributed by atoms with Crippen LogP contribution in [-0.4, -0.2) is 40.3 Å². The van der Waals surface area contributed by atoms with Crippen molar-refractivity contribution in [3.8, 4) is 5.75 Å². The molecule has 9 heteroatoms. The minimum absolute atomic E-state index is 0.0415. The number of hydrogen-bond acceptors (Lipinski definition) is 5. The summed E-state index contributed by atoms with van der Waals surface area (Å²) in [5, 5.41) is 18.1. The Hall–Kier alpha value is -1.93. The van der Waals surface area contributed by atoms with E-state index in [0.717, 1.165) is 43.4 Å². The lowest BCUT2D eigenvalue weighted by Crippen LogP contribution is -2.52. The van der Waals surface area contributed by atoms with Gasteiger partial charge in [0.1, 0.15) is 11.4 Å². The molecule has 2 heterocycles. The first-order chi connectivity index (χ1) is 17.3. The maximum atomic E-state index is 13.9. The highest BCUT2D eigenvalue weighted by atomic mass is 35.5. The highest BCUT2D eigenvalue weighted by molar-refractivity contribution is 6.31. The summed E-state index contributed by atoms with van der Waals surface area (Å²) in [4.78, 5) is 16.5. The summed E-state index contributed by atoms with van der Waals surface area (Å²) in [6, 6.07) is 5.56. The van der Waals surface area contributed by atoms with Crippen LogP contribution in [0.4, 0.5) is 4.39 Å². The Morgan fingerprint density at radius 2 is 2.00 bits per heavy atom. The van der Waals surface area contributed by atoms with Crippen LogP contribution in [-0.2, 0) is 17.6 Å². The first-order valence-electron chi connectivity index (χ1n) is 12.8. The molecule has 1 spiro atoms. The van der Waals surface area contributed by atoms with Crippen molar-refractivity contribution in [2.75, 3.05) is 6.54 Å². The van der Waals surface area contributed by atoms with Gasteiger partial charge in [-0.2, -0.15) is 0 Å². The molecule has 0 unspecified atom stereocenters. The lowest BCUT2D eigenvalue weighted by molar-refractivity contribution is -0.120. The van der Waals surface area contributed by atoms with Gasteiger partial charge in [0.2, 0.25) is 5.91 Å². The number of rotatable bonds is 8. The van der Waals surface area contributed by atoms with E-state index in [2.05, 4.69) is 42.5 Å². The lowest BCUT2D eigenvalue weighted by Gasteiger charge is -2.48. The number of carbonyl (C=O) groups excluding carboxylic acids is 1. The predicted octanol–water partition coefficient (Wildman–Crippen LogP) is 5.56. The smallest absolute Gasteiger partial charge is 0.217 e. The number of halogens is 3. The van der Waals surface area contributed by atoms with Crippen LogP contribution >= 0.6 is 23.2 Å². The molecule has 0 bridgehead atoms. The van der Waals surface area contributed by atoms with Crippen molar-refractivity contribution in [2.45, 2.75) is 90.0 Å². The second-order valence-electron chi connectivity index (χ2n) is 11.7. The van der Waals surface area contributed by atoms with E-state index in [1.54, 1.807) is 6.07 Å². The molecule has 6 nitrogen and oxygen atoms in total. The van der Waals surface area contributed by atoms with Crippen LogP contribution in [0.3, 0.4) is 0 Å². The van der Waals surface area contributed by atoms with Gasteiger partial charge in [-0.25, -0.2) is 9.37 Å². The summed E-state index contributed by atoms with van der Waals surface area (Å²) in [5.41, 5.74) is 2.20. The van der Waals surface area contributed by atoms with Gasteiger partial charge in [-0.3, -0.25) is 4.79 Å². The van der Waals surface area contributed by atoms with Gasteiger partial charge < -0.3 is 20.5 Å². The number of nitrogens with zero attached hydrogens (tertiary/aromatic N) is 1. The Bertz CT molecular complexity index is 1130. The first-order valence-corrected chi connectivity index (χ1v) is 13.6. The topological polar surface area (TPSA) is 83.5 Å². The van der Waals surface area contributed by atoms with Crippen molar-refractivity contribution >= 4 is 29.1 Å². The second-order valence-corrected chi connectivity index (χ2v) is 12.5. The maximum absolute atomic E-state index is 13.9. The normalized spacial score (nSPS) is 19.9. The number of carbonyl (C=O) groups is 1. The van der Waals surface area contributed by atoms with Crippen LogP contribution in [0.25, 0.3) is 0 Å². The van der Waals surface area contributed by atoms with Crippen molar-refractivity contribution in [2.24, 2.45) is 5.41 Å². The molecule has 1 saturated carbocycles. The number of benzene rings is 1. The average Bonchev–Trinajstić information content (AvgIpc) is 2.73. The van der Waals surface area contributed by atoms with E-state index in [1.807, 2.05) is 0 Å². The van der Waals surface area contributed by atoms with E-state index in [0.29, 0.717) is 16.5 Å². The molecule has 1 aliphatic heterocycles. The molecule has 0 saturated heterocycles. The molecule has 37 heavy (non-hydrogen) atoms. The maximum Gasteiger partial charge on any atom is 0.217 e. The number of hydrogen-bond donors (Lipinski definition) is 3. The monoisotopic (exact) mass is 551 g/mol. The number of fused-ring (bicyclic) bond motifs is 1. The van der Waals surface area contributed by atoms with Gasteiger partial charge in [0, 0.05) is 42.2 Å². The second kappa shape index (κ2) is 11.0. The number of nitrogens with one attached hydrogen (secondary N) is 2. The van der Waals surface area contributed by atoms with E-state index < -0.39 is 18.0 Å². The van der Waals surface area contributed by atoms with Gasteiger partial charge >= 0.3 is 0 Å². The number of aromatic nitrogens is 1. The summed E-state index contributed by atoms with van der Waals surface area (Å²) in [6.45, 7) is 8.07. The van der Waals surface area contributed by atoms with Gasteiger partial charge in [-0.15, -0.1) is 0 Å². The quantitative estimate of drug-likeness (QED) is 0.374. The van der Waals surface area contributed by atoms with Crippen LogP contribution in [0.2, 0.25) is 10.2 Å². The van der Waals surface area contributed by atoms with E-state index in [4.69, 9.17) is 27.9 Å². The number of aliphatic hydroxyl groups is 1. The molecular weight excluding hydrogens is 516 g/mol. The molecule has 1 aromatic carbocycles. The van der Waals surface area contributed by atoms with Crippen molar-refractivity contribution in [1.29, 1.82) is 0 Å². The summed E-state index contributed by atoms with van der Waals surface area (Å²) < 4.78 is 20.3. The first kappa shape index (κ1) is 28.1. The Kier molecular flexibility index (Phi) is 8.39. The van der Waals surface area contributed by atoms with Gasteiger partial charge in [0.15, 0.2) is 10.9 Å². The molecule has 1 fully saturated rings. The molecule has 4 rings (SSSR count). The van der Waals surface area contributed by atoms with Crippen LogP contribution < -0.4 is 15.4 Å². The SMILES string of the molecule is CC(=O)N[C@@H](Cc1cc(F)cc(Cl)c1)[C@@H](O)CN[C@H]1CC2(CCC2)Oc2c1cc(CC(C)(C)C)nc2Cl. The van der Waals surface area contributed by atoms with E-state index >= 15 is 0 Å². The van der Waals surface area contributed by atoms with Crippen molar-refractivity contribution in [1.82, 2.24) is 15.6 Å². The van der Waals surface area contributed by atoms with Crippen LogP contribution in [0, 0.1) is 11.2 Å². The number of aliphatic hydroxyl groups excluding tert-OH is 1. The van der Waals surface area contributed by atoms with E-state index in [-0.39, 0.29) is 41.0 Å². The number of ether oxygens (including phenoxy) is 1. The summed E-state index contributed by atoms with van der Waals surface area (Å²) in [5.74, 6) is -0.121. The van der Waals surface area contributed by atoms with E-state index in [1.165, 1.54) is 19.1 Å². The molecule has 2 aliphatic rings. The van der Waals surface area contributed by atoms with Crippen LogP contribution in [0.1, 0.15) is 76.2 Å². The predicted molar refractivity (Wildman–Crippen MR) is 144 cm³/mol. The van der Waals surface area contributed by atoms with Crippen LogP contribution in [0.5, 0.6) is 5.75 Å². The summed E-state index contributed by atoms with van der Waals surface area (Å²) >= 11 is 12.6. The molecule has 202 valence electrons. The molecule has 3 N–H and O–H groups in total. The third kappa shape index (κ3) is 7.14. The fourth-order valence-corrected chi connectivity index (χ4v) is 5.80. The Labute approximate surface area is 228 Å². The number of pyridine rings is 1. The van der Waals surface area contributed by atoms with Crippen molar-refractivity contribution in [3.63, 3.8) is 0 Å². The van der Waals surface area contributed by atoms with Gasteiger partial charge in [0.05, 0.1) is 12.1 Å². The minimum atomic E-state index is -0.930. The highest BCUT2D eigenvalue weighted by Crippen LogP contribution is 2.51. The molecule has 0 radical (unpaired) electrons. The highest BCUT2D eigenvalue weighted by Gasteiger charge is 2.46. The third-order valence-electron chi connectivity index (χ3n) is 7.06. The molecule has 1 aliphatic carbocycles. The zero-order chi connectivity index (χ0) is 27.0.